The van der Waals surface area contributed by atoms with Crippen molar-refractivity contribution < 1.29 is 14.3 Å². The van der Waals surface area contributed by atoms with Crippen molar-refractivity contribution in [2.75, 3.05) is 17.8 Å². The zero-order valence-corrected chi connectivity index (χ0v) is 12.7. The molecule has 4 nitrogen and oxygen atoms in total. The molecule has 1 heterocycles. The van der Waals surface area contributed by atoms with E-state index in [0.29, 0.717) is 35.9 Å². The van der Waals surface area contributed by atoms with Crippen molar-refractivity contribution in [3.05, 3.63) is 16.5 Å². The number of carbonyl (C=O) groups is 2. The minimum atomic E-state index is -0.397. The van der Waals surface area contributed by atoms with Gasteiger partial charge in [0, 0.05) is 17.2 Å². The summed E-state index contributed by atoms with van der Waals surface area (Å²) in [6.45, 7) is 4.07. The van der Waals surface area contributed by atoms with Gasteiger partial charge in [-0.1, -0.05) is 6.92 Å². The lowest BCUT2D eigenvalue weighted by Crippen LogP contribution is -2.13. The fourth-order valence-electron chi connectivity index (χ4n) is 1.49. The van der Waals surface area contributed by atoms with Gasteiger partial charge in [-0.05, 0) is 25.8 Å². The number of alkyl halides is 1. The number of carbonyl (C=O) groups excluding carboxylic acids is 2. The number of rotatable bonds is 7. The maximum absolute atomic E-state index is 11.8. The van der Waals surface area contributed by atoms with E-state index in [9.17, 15) is 9.59 Å². The van der Waals surface area contributed by atoms with E-state index in [1.807, 2.05) is 6.92 Å². The molecule has 0 aliphatic carbocycles. The van der Waals surface area contributed by atoms with Gasteiger partial charge in [0.2, 0.25) is 5.91 Å². The summed E-state index contributed by atoms with van der Waals surface area (Å²) in [4.78, 5) is 24.5. The second-order valence-electron chi connectivity index (χ2n) is 3.87. The highest BCUT2D eigenvalue weighted by atomic mass is 35.5. The van der Waals surface area contributed by atoms with E-state index in [4.69, 9.17) is 16.3 Å². The van der Waals surface area contributed by atoms with Crippen LogP contribution >= 0.6 is 22.9 Å². The fraction of sp³-hybridized carbons (Fsp3) is 0.538. The maximum Gasteiger partial charge on any atom is 0.341 e. The summed E-state index contributed by atoms with van der Waals surface area (Å²) in [6, 6.07) is 1.78. The third-order valence-electron chi connectivity index (χ3n) is 2.42. The molecule has 0 atom stereocenters. The highest BCUT2D eigenvalue weighted by Gasteiger charge is 2.18. The molecular weight excluding hydrogens is 286 g/mol. The van der Waals surface area contributed by atoms with Crippen molar-refractivity contribution in [1.82, 2.24) is 0 Å². The van der Waals surface area contributed by atoms with Gasteiger partial charge in [0.05, 0.1) is 12.2 Å². The summed E-state index contributed by atoms with van der Waals surface area (Å²) in [6.07, 6.45) is 1.79. The molecule has 0 radical (unpaired) electrons. The van der Waals surface area contributed by atoms with E-state index < -0.39 is 5.97 Å². The number of hydrogen-bond donors (Lipinski definition) is 1. The van der Waals surface area contributed by atoms with E-state index >= 15 is 0 Å². The number of hydrogen-bond acceptors (Lipinski definition) is 4. The van der Waals surface area contributed by atoms with Gasteiger partial charge < -0.3 is 10.1 Å². The lowest BCUT2D eigenvalue weighted by molar-refractivity contribution is -0.116. The molecule has 0 aromatic carbocycles. The summed E-state index contributed by atoms with van der Waals surface area (Å²) in [7, 11) is 0. The van der Waals surface area contributed by atoms with E-state index in [0.717, 1.165) is 11.3 Å². The Hall–Kier alpha value is -1.07. The smallest absolute Gasteiger partial charge is 0.341 e. The molecular formula is C13H18ClNO3S. The summed E-state index contributed by atoms with van der Waals surface area (Å²) in [5.41, 5.74) is 0.433. The Bertz CT molecular complexity index is 445. The van der Waals surface area contributed by atoms with Crippen LogP contribution in [0.3, 0.4) is 0 Å². The summed E-state index contributed by atoms with van der Waals surface area (Å²) < 4.78 is 4.98. The average molecular weight is 304 g/mol. The van der Waals surface area contributed by atoms with Gasteiger partial charge in [-0.25, -0.2) is 4.79 Å². The monoisotopic (exact) mass is 303 g/mol. The van der Waals surface area contributed by atoms with E-state index in [1.165, 1.54) is 11.3 Å². The largest absolute Gasteiger partial charge is 0.462 e. The zero-order valence-electron chi connectivity index (χ0n) is 11.1. The van der Waals surface area contributed by atoms with Crippen molar-refractivity contribution in [3.63, 3.8) is 0 Å². The number of esters is 1. The van der Waals surface area contributed by atoms with Crippen LogP contribution in [0.2, 0.25) is 0 Å². The Kier molecular flexibility index (Phi) is 6.87. The number of aryl methyl sites for hydroxylation is 1. The van der Waals surface area contributed by atoms with Crippen LogP contribution in [0.4, 0.5) is 5.00 Å². The normalized spacial score (nSPS) is 10.3. The van der Waals surface area contributed by atoms with Crippen molar-refractivity contribution in [3.8, 4) is 0 Å². The van der Waals surface area contributed by atoms with E-state index in [1.54, 1.807) is 13.0 Å². The molecule has 6 heteroatoms. The number of anilines is 1. The molecule has 19 heavy (non-hydrogen) atoms. The van der Waals surface area contributed by atoms with Gasteiger partial charge >= 0.3 is 5.97 Å². The first-order chi connectivity index (χ1) is 9.12. The predicted molar refractivity (Wildman–Crippen MR) is 78.2 cm³/mol. The lowest BCUT2D eigenvalue weighted by Gasteiger charge is -2.05. The van der Waals surface area contributed by atoms with Crippen LogP contribution in [-0.2, 0) is 16.0 Å². The first-order valence-electron chi connectivity index (χ1n) is 6.28. The van der Waals surface area contributed by atoms with Gasteiger partial charge in [0.25, 0.3) is 0 Å². The van der Waals surface area contributed by atoms with Crippen LogP contribution in [0.15, 0.2) is 6.07 Å². The Morgan fingerprint density at radius 2 is 2.16 bits per heavy atom. The second-order valence-corrected chi connectivity index (χ2v) is 5.38. The van der Waals surface area contributed by atoms with Crippen LogP contribution in [0.1, 0.15) is 41.9 Å². The molecule has 0 spiro atoms. The fourth-order valence-corrected chi connectivity index (χ4v) is 2.62. The van der Waals surface area contributed by atoms with Crippen molar-refractivity contribution in [2.45, 2.75) is 33.1 Å². The Balaban J connectivity index is 2.82. The zero-order chi connectivity index (χ0) is 14.3. The van der Waals surface area contributed by atoms with Crippen molar-refractivity contribution >= 4 is 39.8 Å². The number of thiophene rings is 1. The topological polar surface area (TPSA) is 55.4 Å². The molecule has 1 aromatic heterocycles. The Labute approximate surface area is 122 Å². The van der Waals surface area contributed by atoms with Gasteiger partial charge in [0.1, 0.15) is 5.00 Å². The maximum atomic E-state index is 11.8. The molecule has 1 N–H and O–H groups in total. The number of amides is 1. The van der Waals surface area contributed by atoms with Gasteiger partial charge in [0.15, 0.2) is 0 Å². The Morgan fingerprint density at radius 3 is 2.74 bits per heavy atom. The molecule has 0 bridgehead atoms. The quantitative estimate of drug-likeness (QED) is 0.620. The van der Waals surface area contributed by atoms with Crippen LogP contribution < -0.4 is 5.32 Å². The van der Waals surface area contributed by atoms with Crippen LogP contribution in [0.25, 0.3) is 0 Å². The minimum absolute atomic E-state index is 0.129. The third-order valence-corrected chi connectivity index (χ3v) is 3.88. The molecule has 0 unspecified atom stereocenters. The molecule has 1 amide bonds. The molecule has 0 aliphatic heterocycles. The summed E-state index contributed by atoms with van der Waals surface area (Å²) >= 11 is 6.96. The van der Waals surface area contributed by atoms with Crippen molar-refractivity contribution in [2.24, 2.45) is 0 Å². The number of halogens is 1. The molecule has 0 saturated heterocycles. The number of ether oxygens (including phenoxy) is 1. The van der Waals surface area contributed by atoms with Gasteiger partial charge in [-0.3, -0.25) is 4.79 Å². The van der Waals surface area contributed by atoms with Crippen LogP contribution in [0.5, 0.6) is 0 Å². The molecule has 106 valence electrons. The SMILES string of the molecule is CCOC(=O)c1cc(CC)sc1NC(=O)CCCCl. The summed E-state index contributed by atoms with van der Waals surface area (Å²) in [5, 5.41) is 3.32. The first kappa shape index (κ1) is 16.0. The summed E-state index contributed by atoms with van der Waals surface area (Å²) in [5.74, 6) is -0.0789. The van der Waals surface area contributed by atoms with Crippen LogP contribution in [-0.4, -0.2) is 24.4 Å². The van der Waals surface area contributed by atoms with Crippen LogP contribution in [0, 0.1) is 0 Å². The second kappa shape index (κ2) is 8.17. The minimum Gasteiger partial charge on any atom is -0.462 e. The van der Waals surface area contributed by atoms with E-state index in [2.05, 4.69) is 5.32 Å². The first-order valence-corrected chi connectivity index (χ1v) is 7.63. The van der Waals surface area contributed by atoms with Gasteiger partial charge in [-0.15, -0.1) is 22.9 Å². The third kappa shape index (κ3) is 4.84. The van der Waals surface area contributed by atoms with Gasteiger partial charge in [-0.2, -0.15) is 0 Å². The molecule has 1 rings (SSSR count). The lowest BCUT2D eigenvalue weighted by atomic mass is 10.2. The van der Waals surface area contributed by atoms with E-state index in [-0.39, 0.29) is 5.91 Å². The van der Waals surface area contributed by atoms with Crippen molar-refractivity contribution in [1.29, 1.82) is 0 Å². The molecule has 0 saturated carbocycles. The molecule has 0 aliphatic rings. The molecule has 0 fully saturated rings. The standard InChI is InChI=1S/C13H18ClNO3S/c1-3-9-8-10(13(17)18-4-2)12(19-9)15-11(16)6-5-7-14/h8H,3-7H2,1-2H3,(H,15,16). The molecule has 1 aromatic rings. The predicted octanol–water partition coefficient (Wildman–Crippen LogP) is 3.44. The average Bonchev–Trinajstić information content (AvgIpc) is 2.79. The highest BCUT2D eigenvalue weighted by molar-refractivity contribution is 7.16. The highest BCUT2D eigenvalue weighted by Crippen LogP contribution is 2.29. The number of nitrogens with one attached hydrogen (secondary N) is 1. The Morgan fingerprint density at radius 1 is 1.42 bits per heavy atom.